The predicted molar refractivity (Wildman–Crippen MR) is 54.6 cm³/mol. The highest BCUT2D eigenvalue weighted by molar-refractivity contribution is 5.93. The molecule has 1 aliphatic rings. The van der Waals surface area contributed by atoms with Crippen LogP contribution in [0.1, 0.15) is 26.2 Å². The van der Waals surface area contributed by atoms with Crippen molar-refractivity contribution in [3.05, 3.63) is 0 Å². The first kappa shape index (κ1) is 12.0. The third-order valence-corrected chi connectivity index (χ3v) is 2.91. The minimum atomic E-state index is -0.678. The van der Waals surface area contributed by atoms with Crippen LogP contribution in [0, 0.1) is 0 Å². The predicted octanol–water partition coefficient (Wildman–Crippen LogP) is -0.674. The zero-order chi connectivity index (χ0) is 11.3. The Bertz CT molecular complexity index is 237. The average Bonchev–Trinajstić information content (AvgIpc) is 2.29. The molecule has 0 unspecified atom stereocenters. The van der Waals surface area contributed by atoms with Gasteiger partial charge >= 0.3 is 6.09 Å². The molecule has 1 aliphatic heterocycles. The molecule has 0 spiro atoms. The summed E-state index contributed by atoms with van der Waals surface area (Å²) in [5.41, 5.74) is 0. The smallest absolute Gasteiger partial charge is 0.413 e. The summed E-state index contributed by atoms with van der Waals surface area (Å²) in [6.45, 7) is 3.87. The van der Waals surface area contributed by atoms with Crippen LogP contribution in [0.5, 0.6) is 0 Å². The van der Waals surface area contributed by atoms with E-state index in [1.165, 1.54) is 18.4 Å². The molecule has 1 fully saturated rings. The second kappa shape index (κ2) is 5.70. The average molecular weight is 215 g/mol. The second-order valence-electron chi connectivity index (χ2n) is 3.92. The summed E-state index contributed by atoms with van der Waals surface area (Å²) in [5, 5.41) is 2.21. The summed E-state index contributed by atoms with van der Waals surface area (Å²) in [6.07, 6.45) is 2.88. The number of hydrogen-bond donors (Lipinski definition) is 2. The number of alkyl carbamates (subject to hydrolysis) is 1. The highest BCUT2D eigenvalue weighted by Crippen LogP contribution is 1.96. The van der Waals surface area contributed by atoms with Gasteiger partial charge in [-0.15, -0.1) is 0 Å². The highest BCUT2D eigenvalue weighted by Gasteiger charge is 2.27. The Morgan fingerprint density at radius 1 is 1.27 bits per heavy atom. The van der Waals surface area contributed by atoms with Gasteiger partial charge in [0.15, 0.2) is 6.04 Å². The number of quaternary nitrogens is 1. The molecule has 2 amide bonds. The van der Waals surface area contributed by atoms with Gasteiger partial charge in [-0.1, -0.05) is 0 Å². The Morgan fingerprint density at radius 3 is 2.40 bits per heavy atom. The number of likely N-dealkylation sites (tertiary alicyclic amines) is 1. The molecule has 0 aromatic rings. The molecule has 0 aliphatic carbocycles. The van der Waals surface area contributed by atoms with E-state index in [0.717, 1.165) is 25.9 Å². The van der Waals surface area contributed by atoms with Gasteiger partial charge in [0.05, 0.1) is 20.2 Å². The normalized spacial score (nSPS) is 19.3. The van der Waals surface area contributed by atoms with E-state index in [4.69, 9.17) is 0 Å². The summed E-state index contributed by atoms with van der Waals surface area (Å²) in [5.74, 6) is -0.251. The fourth-order valence-corrected chi connectivity index (χ4v) is 1.88. The molecule has 86 valence electrons. The van der Waals surface area contributed by atoms with Gasteiger partial charge in [0.25, 0.3) is 5.91 Å². The Labute approximate surface area is 89.8 Å². The molecule has 1 rings (SSSR count). The quantitative estimate of drug-likeness (QED) is 0.642. The number of methoxy groups -OCH3 is 1. The molecule has 0 bridgehead atoms. The summed E-state index contributed by atoms with van der Waals surface area (Å²) < 4.78 is 4.38. The number of piperidine rings is 1. The van der Waals surface area contributed by atoms with Crippen molar-refractivity contribution in [3.8, 4) is 0 Å². The number of nitrogens with one attached hydrogen (secondary N) is 2. The summed E-state index contributed by atoms with van der Waals surface area (Å²) in [6, 6.07) is -0.176. The largest absolute Gasteiger partial charge is 0.453 e. The van der Waals surface area contributed by atoms with Crippen LogP contribution >= 0.6 is 0 Å². The van der Waals surface area contributed by atoms with Crippen LogP contribution in [0.3, 0.4) is 0 Å². The van der Waals surface area contributed by atoms with Gasteiger partial charge < -0.3 is 9.64 Å². The maximum atomic E-state index is 11.6. The molecule has 5 nitrogen and oxygen atoms in total. The van der Waals surface area contributed by atoms with Gasteiger partial charge in [-0.2, -0.15) is 0 Å². The monoisotopic (exact) mass is 215 g/mol. The van der Waals surface area contributed by atoms with Gasteiger partial charge in [-0.3, -0.25) is 10.1 Å². The molecule has 0 aromatic carbocycles. The number of imide groups is 1. The molecule has 0 aromatic heterocycles. The molecule has 1 saturated heterocycles. The number of carbonyl (C=O) groups is 2. The Kier molecular flexibility index (Phi) is 4.55. The van der Waals surface area contributed by atoms with Crippen LogP contribution in [-0.4, -0.2) is 38.2 Å². The molecule has 0 radical (unpaired) electrons. The van der Waals surface area contributed by atoms with Crippen molar-refractivity contribution in [3.63, 3.8) is 0 Å². The van der Waals surface area contributed by atoms with Crippen molar-refractivity contribution in [2.45, 2.75) is 32.2 Å². The lowest BCUT2D eigenvalue weighted by Crippen LogP contribution is -3.17. The molecular weight excluding hydrogens is 196 g/mol. The first-order valence-corrected chi connectivity index (χ1v) is 5.38. The zero-order valence-corrected chi connectivity index (χ0v) is 9.34. The Hall–Kier alpha value is -1.10. The van der Waals surface area contributed by atoms with Crippen LogP contribution < -0.4 is 10.2 Å². The number of amides is 2. The standard InChI is InChI=1S/C10H18N2O3/c1-8(9(13)11-10(14)15-2)12-6-4-3-5-7-12/h8H,3-7H2,1-2H3,(H,11,13,14)/p+1/t8-/m0/s1. The molecule has 5 heteroatoms. The molecule has 0 saturated carbocycles. The van der Waals surface area contributed by atoms with E-state index in [1.807, 2.05) is 6.92 Å². The lowest BCUT2D eigenvalue weighted by molar-refractivity contribution is -0.918. The van der Waals surface area contributed by atoms with E-state index < -0.39 is 6.09 Å². The van der Waals surface area contributed by atoms with Crippen molar-refractivity contribution in [2.75, 3.05) is 20.2 Å². The SMILES string of the molecule is COC(=O)NC(=O)[C@H](C)[NH+]1CCCCC1. The first-order chi connectivity index (χ1) is 7.15. The van der Waals surface area contributed by atoms with Crippen LogP contribution in [0.15, 0.2) is 0 Å². The van der Waals surface area contributed by atoms with Gasteiger partial charge in [-0.05, 0) is 26.2 Å². The topological polar surface area (TPSA) is 59.8 Å². The lowest BCUT2D eigenvalue weighted by atomic mass is 10.1. The maximum absolute atomic E-state index is 11.6. The third-order valence-electron chi connectivity index (χ3n) is 2.91. The summed E-state index contributed by atoms with van der Waals surface area (Å²) in [7, 11) is 1.25. The molecule has 2 N–H and O–H groups in total. The van der Waals surface area contributed by atoms with Crippen molar-refractivity contribution in [1.29, 1.82) is 0 Å². The lowest BCUT2D eigenvalue weighted by Gasteiger charge is -2.27. The first-order valence-electron chi connectivity index (χ1n) is 5.38. The number of hydrogen-bond acceptors (Lipinski definition) is 3. The molecule has 1 heterocycles. The fourth-order valence-electron chi connectivity index (χ4n) is 1.88. The van der Waals surface area contributed by atoms with Crippen LogP contribution in [0.2, 0.25) is 0 Å². The Morgan fingerprint density at radius 2 is 1.87 bits per heavy atom. The van der Waals surface area contributed by atoms with E-state index in [9.17, 15) is 9.59 Å². The summed E-state index contributed by atoms with van der Waals surface area (Å²) in [4.78, 5) is 23.7. The van der Waals surface area contributed by atoms with Crippen molar-refractivity contribution >= 4 is 12.0 Å². The third kappa shape index (κ3) is 3.51. The second-order valence-corrected chi connectivity index (χ2v) is 3.92. The van der Waals surface area contributed by atoms with Gasteiger partial charge in [-0.25, -0.2) is 4.79 Å². The van der Waals surface area contributed by atoms with E-state index in [1.54, 1.807) is 0 Å². The molecule has 15 heavy (non-hydrogen) atoms. The van der Waals surface area contributed by atoms with Gasteiger partial charge in [0.1, 0.15) is 0 Å². The van der Waals surface area contributed by atoms with Gasteiger partial charge in [0, 0.05) is 0 Å². The number of carbonyl (C=O) groups excluding carboxylic acids is 2. The van der Waals surface area contributed by atoms with Crippen molar-refractivity contribution < 1.29 is 19.2 Å². The van der Waals surface area contributed by atoms with Gasteiger partial charge in [0.2, 0.25) is 0 Å². The number of ether oxygens (including phenoxy) is 1. The highest BCUT2D eigenvalue weighted by atomic mass is 16.5. The fraction of sp³-hybridized carbons (Fsp3) is 0.800. The van der Waals surface area contributed by atoms with Crippen LogP contribution in [-0.2, 0) is 9.53 Å². The maximum Gasteiger partial charge on any atom is 0.413 e. The van der Waals surface area contributed by atoms with Crippen LogP contribution in [0.25, 0.3) is 0 Å². The minimum absolute atomic E-state index is 0.176. The van der Waals surface area contributed by atoms with Crippen LogP contribution in [0.4, 0.5) is 4.79 Å². The zero-order valence-electron chi connectivity index (χ0n) is 9.34. The van der Waals surface area contributed by atoms with E-state index in [-0.39, 0.29) is 11.9 Å². The van der Waals surface area contributed by atoms with E-state index >= 15 is 0 Å². The van der Waals surface area contributed by atoms with Crippen molar-refractivity contribution in [2.24, 2.45) is 0 Å². The van der Waals surface area contributed by atoms with E-state index in [2.05, 4.69) is 10.1 Å². The van der Waals surface area contributed by atoms with E-state index in [0.29, 0.717) is 0 Å². The number of rotatable bonds is 2. The molecular formula is C10H19N2O3+. The van der Waals surface area contributed by atoms with Crippen molar-refractivity contribution in [1.82, 2.24) is 5.32 Å². The molecule has 1 atom stereocenters. The summed E-state index contributed by atoms with van der Waals surface area (Å²) >= 11 is 0. The Balaban J connectivity index is 2.40. The minimum Gasteiger partial charge on any atom is -0.453 e.